The van der Waals surface area contributed by atoms with Crippen LogP contribution in [0.5, 0.6) is 0 Å². The van der Waals surface area contributed by atoms with E-state index in [1.54, 1.807) is 12.1 Å². The molecule has 0 saturated heterocycles. The Labute approximate surface area is 112 Å². The molecule has 5 heteroatoms. The van der Waals surface area contributed by atoms with Gasteiger partial charge in [0.15, 0.2) is 0 Å². The van der Waals surface area contributed by atoms with Crippen LogP contribution in [-0.2, 0) is 0 Å². The van der Waals surface area contributed by atoms with Gasteiger partial charge in [-0.1, -0.05) is 22.0 Å². The summed E-state index contributed by atoms with van der Waals surface area (Å²) in [6.45, 7) is 2.00. The molecular weight excluding hydrogens is 298 g/mol. The summed E-state index contributed by atoms with van der Waals surface area (Å²) in [6.07, 6.45) is 2.18. The summed E-state index contributed by atoms with van der Waals surface area (Å²) < 4.78 is 6.45. The molecule has 0 amide bonds. The van der Waals surface area contributed by atoms with Crippen LogP contribution in [0.3, 0.4) is 0 Å². The maximum atomic E-state index is 10.2. The zero-order valence-corrected chi connectivity index (χ0v) is 11.2. The van der Waals surface area contributed by atoms with Crippen molar-refractivity contribution in [3.8, 4) is 11.3 Å². The number of benzene rings is 1. The monoisotopic (exact) mass is 307 g/mol. The maximum absolute atomic E-state index is 10.2. The Morgan fingerprint density at radius 1 is 1.33 bits per heavy atom. The minimum atomic E-state index is -0.524. The van der Waals surface area contributed by atoms with E-state index in [9.17, 15) is 10.1 Å². The summed E-state index contributed by atoms with van der Waals surface area (Å²) >= 11 is 3.47. The second-order valence-electron chi connectivity index (χ2n) is 3.79. The van der Waals surface area contributed by atoms with Crippen molar-refractivity contribution in [3.63, 3.8) is 0 Å². The van der Waals surface area contributed by atoms with Crippen molar-refractivity contribution in [1.82, 2.24) is 0 Å². The van der Waals surface area contributed by atoms with Crippen molar-refractivity contribution in [2.75, 3.05) is 0 Å². The lowest BCUT2D eigenvalue weighted by molar-refractivity contribution is -0.401. The maximum Gasteiger partial charge on any atom is 0.238 e. The van der Waals surface area contributed by atoms with Crippen LogP contribution in [0, 0.1) is 17.0 Å². The van der Waals surface area contributed by atoms with E-state index in [1.165, 1.54) is 6.08 Å². The van der Waals surface area contributed by atoms with Gasteiger partial charge in [0.05, 0.1) is 11.0 Å². The van der Waals surface area contributed by atoms with Crippen molar-refractivity contribution in [3.05, 3.63) is 62.4 Å². The fraction of sp³-hybridized carbons (Fsp3) is 0.0769. The highest BCUT2D eigenvalue weighted by Crippen LogP contribution is 2.30. The first-order valence-electron chi connectivity index (χ1n) is 5.24. The summed E-state index contributed by atoms with van der Waals surface area (Å²) in [6, 6.07) is 9.40. The molecule has 4 nitrogen and oxygen atoms in total. The SMILES string of the molecule is Cc1ccc(-c2ccc(/C=C\[N+](=O)[O-])o2)c(Br)c1. The van der Waals surface area contributed by atoms with E-state index >= 15 is 0 Å². The van der Waals surface area contributed by atoms with Crippen LogP contribution < -0.4 is 0 Å². The molecule has 0 fully saturated rings. The van der Waals surface area contributed by atoms with Crippen LogP contribution in [0.2, 0.25) is 0 Å². The minimum absolute atomic E-state index is 0.453. The Morgan fingerprint density at radius 3 is 2.78 bits per heavy atom. The van der Waals surface area contributed by atoms with Crippen molar-refractivity contribution < 1.29 is 9.34 Å². The van der Waals surface area contributed by atoms with Crippen molar-refractivity contribution in [1.29, 1.82) is 0 Å². The predicted molar refractivity (Wildman–Crippen MR) is 72.6 cm³/mol. The van der Waals surface area contributed by atoms with E-state index in [0.29, 0.717) is 11.5 Å². The fourth-order valence-corrected chi connectivity index (χ4v) is 2.23. The van der Waals surface area contributed by atoms with Gasteiger partial charge in [-0.25, -0.2) is 0 Å². The van der Waals surface area contributed by atoms with Gasteiger partial charge in [-0.15, -0.1) is 0 Å². The standard InChI is InChI=1S/C13H10BrNO3/c1-9-2-4-11(12(14)8-9)13-5-3-10(18-13)6-7-15(16)17/h2-8H,1H3/b7-6-. The van der Waals surface area contributed by atoms with Gasteiger partial charge in [-0.05, 0) is 36.8 Å². The first-order chi connectivity index (χ1) is 8.56. The number of hydrogen-bond donors (Lipinski definition) is 0. The van der Waals surface area contributed by atoms with Crippen molar-refractivity contribution in [2.45, 2.75) is 6.92 Å². The number of nitrogens with zero attached hydrogens (tertiary/aromatic N) is 1. The molecule has 0 aliphatic rings. The van der Waals surface area contributed by atoms with Gasteiger partial charge in [0.1, 0.15) is 11.5 Å². The molecule has 2 aromatic rings. The van der Waals surface area contributed by atoms with Gasteiger partial charge in [-0.2, -0.15) is 0 Å². The molecule has 0 saturated carbocycles. The van der Waals surface area contributed by atoms with E-state index in [2.05, 4.69) is 15.9 Å². The first-order valence-corrected chi connectivity index (χ1v) is 6.03. The highest BCUT2D eigenvalue weighted by atomic mass is 79.9. The Morgan fingerprint density at radius 2 is 2.11 bits per heavy atom. The minimum Gasteiger partial charge on any atom is -0.456 e. The van der Waals surface area contributed by atoms with E-state index < -0.39 is 4.92 Å². The van der Waals surface area contributed by atoms with Gasteiger partial charge in [0, 0.05) is 10.0 Å². The van der Waals surface area contributed by atoms with Crippen LogP contribution in [0.4, 0.5) is 0 Å². The van der Waals surface area contributed by atoms with Crippen molar-refractivity contribution >= 4 is 22.0 Å². The van der Waals surface area contributed by atoms with Crippen LogP contribution in [0.15, 0.2) is 45.4 Å². The molecule has 1 heterocycles. The number of hydrogen-bond acceptors (Lipinski definition) is 3. The molecule has 0 spiro atoms. The topological polar surface area (TPSA) is 56.3 Å². The van der Waals surface area contributed by atoms with Crippen LogP contribution in [0.1, 0.15) is 11.3 Å². The first kappa shape index (κ1) is 12.6. The summed E-state index contributed by atoms with van der Waals surface area (Å²) in [5, 5.41) is 10.2. The lowest BCUT2D eigenvalue weighted by Crippen LogP contribution is -1.81. The third kappa shape index (κ3) is 2.87. The molecule has 0 bridgehead atoms. The molecule has 18 heavy (non-hydrogen) atoms. The zero-order chi connectivity index (χ0) is 13.1. The van der Waals surface area contributed by atoms with Gasteiger partial charge in [0.25, 0.3) is 0 Å². The van der Waals surface area contributed by atoms with E-state index in [0.717, 1.165) is 21.8 Å². The molecule has 1 aromatic carbocycles. The lowest BCUT2D eigenvalue weighted by atomic mass is 10.1. The number of halogens is 1. The third-order valence-electron chi connectivity index (χ3n) is 2.38. The predicted octanol–water partition coefficient (Wildman–Crippen LogP) is 4.26. The molecule has 1 aromatic heterocycles. The zero-order valence-electron chi connectivity index (χ0n) is 9.59. The number of rotatable bonds is 3. The molecule has 92 valence electrons. The Bertz CT molecular complexity index is 616. The Kier molecular flexibility index (Phi) is 3.62. The number of nitro groups is 1. The molecule has 0 N–H and O–H groups in total. The lowest BCUT2D eigenvalue weighted by Gasteiger charge is -2.01. The fourth-order valence-electron chi connectivity index (χ4n) is 1.54. The molecule has 0 unspecified atom stereocenters. The van der Waals surface area contributed by atoms with Crippen LogP contribution in [-0.4, -0.2) is 4.92 Å². The molecule has 0 radical (unpaired) electrons. The summed E-state index contributed by atoms with van der Waals surface area (Å²) in [5.41, 5.74) is 2.06. The van der Waals surface area contributed by atoms with E-state index in [4.69, 9.17) is 4.42 Å². The van der Waals surface area contributed by atoms with Crippen LogP contribution in [0.25, 0.3) is 17.4 Å². The second-order valence-corrected chi connectivity index (χ2v) is 4.64. The summed E-state index contributed by atoms with van der Waals surface area (Å²) in [7, 11) is 0. The average molecular weight is 308 g/mol. The molecule has 0 aliphatic carbocycles. The van der Waals surface area contributed by atoms with E-state index in [-0.39, 0.29) is 0 Å². The summed E-state index contributed by atoms with van der Waals surface area (Å²) in [4.78, 5) is 9.69. The van der Waals surface area contributed by atoms with Crippen LogP contribution >= 0.6 is 15.9 Å². The number of furan rings is 1. The molecule has 2 rings (SSSR count). The highest BCUT2D eigenvalue weighted by Gasteiger charge is 2.07. The quantitative estimate of drug-likeness (QED) is 0.628. The molecule has 0 aliphatic heterocycles. The van der Waals surface area contributed by atoms with Gasteiger partial charge < -0.3 is 4.42 Å². The van der Waals surface area contributed by atoms with E-state index in [1.807, 2.05) is 25.1 Å². The van der Waals surface area contributed by atoms with Crippen molar-refractivity contribution in [2.24, 2.45) is 0 Å². The molecule has 0 atom stereocenters. The van der Waals surface area contributed by atoms with Gasteiger partial charge >= 0.3 is 0 Å². The Balaban J connectivity index is 2.32. The third-order valence-corrected chi connectivity index (χ3v) is 3.03. The highest BCUT2D eigenvalue weighted by molar-refractivity contribution is 9.10. The van der Waals surface area contributed by atoms with Gasteiger partial charge in [-0.3, -0.25) is 10.1 Å². The van der Waals surface area contributed by atoms with Gasteiger partial charge in [0.2, 0.25) is 6.20 Å². The largest absolute Gasteiger partial charge is 0.456 e. The average Bonchev–Trinajstić information content (AvgIpc) is 2.75. The summed E-state index contributed by atoms with van der Waals surface area (Å²) in [5.74, 6) is 1.12. The second kappa shape index (κ2) is 5.18. The Hall–Kier alpha value is -1.88. The number of aryl methyl sites for hydroxylation is 1. The normalized spacial score (nSPS) is 11.0. The molecular formula is C13H10BrNO3. The smallest absolute Gasteiger partial charge is 0.238 e.